The Balaban J connectivity index is 1.43. The molecular formula is C36H34F3N3O7S. The maximum atomic E-state index is 14.3. The van der Waals surface area contributed by atoms with Gasteiger partial charge in [-0.05, 0) is 55.2 Å². The molecule has 3 amide bonds. The fourth-order valence-electron chi connectivity index (χ4n) is 5.44. The molecule has 2 heterocycles. The molecule has 1 fully saturated rings. The Morgan fingerprint density at radius 3 is 2.04 bits per heavy atom. The Morgan fingerprint density at radius 1 is 0.920 bits per heavy atom. The number of carbonyl (C=O) groups excluding carboxylic acids is 4. The van der Waals surface area contributed by atoms with Crippen LogP contribution >= 0.6 is 11.8 Å². The maximum Gasteiger partial charge on any atom is 0.408 e. The van der Waals surface area contributed by atoms with Crippen LogP contribution in [0.4, 0.5) is 18.0 Å². The molecule has 3 aromatic carbocycles. The van der Waals surface area contributed by atoms with Crippen molar-refractivity contribution in [2.45, 2.75) is 56.4 Å². The number of β-lactam (4-membered cyclic amide) rings is 1. The number of alkyl carbamates (subject to hydrolysis) is 1. The van der Waals surface area contributed by atoms with Crippen LogP contribution in [0.5, 0.6) is 5.75 Å². The SMILES string of the molecule is CC(C)(C)OC(=O)N[C@@H](C(=O)NC1C(=O)N2C(C(=O)OC(c3ccccc3)c3ccccc3)=C(CC(F)=C(F)F)CS[C@H]12)c1ccc(O)cc1. The predicted molar refractivity (Wildman–Crippen MR) is 178 cm³/mol. The van der Waals surface area contributed by atoms with Crippen LogP contribution < -0.4 is 10.6 Å². The Labute approximate surface area is 290 Å². The Morgan fingerprint density at radius 2 is 1.50 bits per heavy atom. The molecule has 3 atom stereocenters. The highest BCUT2D eigenvalue weighted by molar-refractivity contribution is 8.00. The first-order valence-electron chi connectivity index (χ1n) is 15.5. The number of hydrogen-bond donors (Lipinski definition) is 3. The van der Waals surface area contributed by atoms with E-state index in [4.69, 9.17) is 9.47 Å². The molecule has 262 valence electrons. The summed E-state index contributed by atoms with van der Waals surface area (Å²) >= 11 is 1.04. The number of aromatic hydroxyl groups is 1. The monoisotopic (exact) mass is 709 g/mol. The highest BCUT2D eigenvalue weighted by Gasteiger charge is 2.55. The molecule has 5 rings (SSSR count). The number of carbonyl (C=O) groups is 4. The number of amides is 3. The average Bonchev–Trinajstić information content (AvgIpc) is 3.08. The van der Waals surface area contributed by atoms with Crippen molar-refractivity contribution in [2.24, 2.45) is 0 Å². The summed E-state index contributed by atoms with van der Waals surface area (Å²) in [6, 6.07) is 20.3. The third kappa shape index (κ3) is 8.30. The summed E-state index contributed by atoms with van der Waals surface area (Å²) in [5.41, 5.74) is 0.0794. The fourth-order valence-corrected chi connectivity index (χ4v) is 6.78. The van der Waals surface area contributed by atoms with Gasteiger partial charge < -0.3 is 25.2 Å². The van der Waals surface area contributed by atoms with Crippen molar-refractivity contribution in [2.75, 3.05) is 5.75 Å². The van der Waals surface area contributed by atoms with Gasteiger partial charge in [-0.1, -0.05) is 72.8 Å². The zero-order valence-electron chi connectivity index (χ0n) is 27.2. The van der Waals surface area contributed by atoms with Crippen LogP contribution in [0.25, 0.3) is 0 Å². The van der Waals surface area contributed by atoms with Crippen molar-refractivity contribution in [3.05, 3.63) is 125 Å². The molecule has 10 nitrogen and oxygen atoms in total. The summed E-state index contributed by atoms with van der Waals surface area (Å²) in [5.74, 6) is -4.60. The first-order chi connectivity index (χ1) is 23.7. The van der Waals surface area contributed by atoms with Gasteiger partial charge in [0.1, 0.15) is 34.5 Å². The first kappa shape index (κ1) is 36.1. The maximum absolute atomic E-state index is 14.3. The van der Waals surface area contributed by atoms with Crippen molar-refractivity contribution >= 4 is 35.6 Å². The topological polar surface area (TPSA) is 134 Å². The van der Waals surface area contributed by atoms with E-state index >= 15 is 0 Å². The van der Waals surface area contributed by atoms with Crippen molar-refractivity contribution in [1.82, 2.24) is 15.5 Å². The van der Waals surface area contributed by atoms with Crippen molar-refractivity contribution in [3.8, 4) is 5.75 Å². The molecule has 3 aromatic rings. The lowest BCUT2D eigenvalue weighted by atomic mass is 9.99. The molecule has 2 aliphatic heterocycles. The van der Waals surface area contributed by atoms with E-state index in [1.165, 1.54) is 24.3 Å². The van der Waals surface area contributed by atoms with Gasteiger partial charge in [-0.15, -0.1) is 11.8 Å². The van der Waals surface area contributed by atoms with E-state index in [-0.39, 0.29) is 28.3 Å². The zero-order valence-corrected chi connectivity index (χ0v) is 28.0. The number of hydrogen-bond acceptors (Lipinski definition) is 8. The Hall–Kier alpha value is -5.24. The largest absolute Gasteiger partial charge is 0.508 e. The number of nitrogens with one attached hydrogen (secondary N) is 2. The average molecular weight is 710 g/mol. The summed E-state index contributed by atoms with van der Waals surface area (Å²) < 4.78 is 52.0. The molecule has 14 heteroatoms. The van der Waals surface area contributed by atoms with Gasteiger partial charge in [0.05, 0.1) is 0 Å². The van der Waals surface area contributed by atoms with Crippen LogP contribution in [0.1, 0.15) is 56.0 Å². The molecule has 0 radical (unpaired) electrons. The third-order valence-corrected chi connectivity index (χ3v) is 9.03. The second-order valence-electron chi connectivity index (χ2n) is 12.5. The number of benzene rings is 3. The fraction of sp³-hybridized carbons (Fsp3) is 0.278. The van der Waals surface area contributed by atoms with Gasteiger partial charge in [-0.2, -0.15) is 8.78 Å². The van der Waals surface area contributed by atoms with Gasteiger partial charge in [-0.3, -0.25) is 14.5 Å². The van der Waals surface area contributed by atoms with Crippen LogP contribution in [0.15, 0.2) is 108 Å². The van der Waals surface area contributed by atoms with Gasteiger partial charge in [0.15, 0.2) is 11.9 Å². The number of rotatable bonds is 10. The van der Waals surface area contributed by atoms with E-state index in [0.29, 0.717) is 11.1 Å². The lowest BCUT2D eigenvalue weighted by Crippen LogP contribution is -2.71. The van der Waals surface area contributed by atoms with Gasteiger partial charge in [0, 0.05) is 12.2 Å². The standard InChI is InChI=1S/C36H34F3N3O7S/c1-36(2,3)49-35(47)41-26(20-14-16-24(43)17-15-20)31(44)40-27-32(45)42-28(23(19-50-33(27)42)18-25(37)30(38)39)34(46)48-29(21-10-6-4-7-11-21)22-12-8-5-9-13-22/h4-17,26-27,29,33,43H,18-19H2,1-3H3,(H,40,44)(H,41,47)/t26-,27?,33-/m1/s1. The minimum Gasteiger partial charge on any atom is -0.508 e. The highest BCUT2D eigenvalue weighted by Crippen LogP contribution is 2.43. The summed E-state index contributed by atoms with van der Waals surface area (Å²) in [6.07, 6.45) is -5.36. The van der Waals surface area contributed by atoms with E-state index in [9.17, 15) is 37.5 Å². The molecule has 3 N–H and O–H groups in total. The number of esters is 1. The minimum atomic E-state index is -2.55. The number of allylic oxidation sites excluding steroid dienone is 1. The van der Waals surface area contributed by atoms with Crippen molar-refractivity contribution in [1.29, 1.82) is 0 Å². The van der Waals surface area contributed by atoms with Crippen LogP contribution in [0.3, 0.4) is 0 Å². The lowest BCUT2D eigenvalue weighted by Gasteiger charge is -2.50. The van der Waals surface area contributed by atoms with Gasteiger partial charge in [0.2, 0.25) is 5.91 Å². The number of ether oxygens (including phenoxy) is 2. The summed E-state index contributed by atoms with van der Waals surface area (Å²) in [4.78, 5) is 55.0. The normalized spacial score (nSPS) is 17.7. The molecule has 0 bridgehead atoms. The van der Waals surface area contributed by atoms with E-state index < -0.39 is 71.4 Å². The zero-order chi connectivity index (χ0) is 36.2. The molecule has 0 aliphatic carbocycles. The summed E-state index contributed by atoms with van der Waals surface area (Å²) in [5, 5.41) is 13.9. The summed E-state index contributed by atoms with van der Waals surface area (Å²) in [7, 11) is 0. The van der Waals surface area contributed by atoms with E-state index in [2.05, 4.69) is 10.6 Å². The van der Waals surface area contributed by atoms with E-state index in [0.717, 1.165) is 16.7 Å². The second-order valence-corrected chi connectivity index (χ2v) is 13.6. The Kier molecular flexibility index (Phi) is 10.9. The molecule has 0 spiro atoms. The van der Waals surface area contributed by atoms with Crippen molar-refractivity contribution < 1.29 is 46.9 Å². The number of thioether (sulfide) groups is 1. The number of nitrogens with zero attached hydrogens (tertiary/aromatic N) is 1. The third-order valence-electron chi connectivity index (χ3n) is 7.69. The van der Waals surface area contributed by atoms with Crippen LogP contribution in [-0.4, -0.2) is 56.7 Å². The molecule has 1 saturated heterocycles. The van der Waals surface area contributed by atoms with Crippen LogP contribution in [0.2, 0.25) is 0 Å². The summed E-state index contributed by atoms with van der Waals surface area (Å²) in [6.45, 7) is 4.92. The van der Waals surface area contributed by atoms with Crippen LogP contribution in [-0.2, 0) is 23.9 Å². The second kappa shape index (κ2) is 15.1. The number of phenolic OH excluding ortho intramolecular Hbond substituents is 1. The Bertz CT molecular complexity index is 1770. The van der Waals surface area contributed by atoms with E-state index in [1.807, 2.05) is 0 Å². The molecule has 2 aliphatic rings. The molecule has 1 unspecified atom stereocenters. The number of fused-ring (bicyclic) bond motifs is 1. The first-order valence-corrected chi connectivity index (χ1v) is 16.5. The quantitative estimate of drug-likeness (QED) is 0.163. The number of halogens is 3. The molecule has 50 heavy (non-hydrogen) atoms. The lowest BCUT2D eigenvalue weighted by molar-refractivity contribution is -0.154. The van der Waals surface area contributed by atoms with E-state index in [1.54, 1.807) is 81.4 Å². The minimum absolute atomic E-state index is 0.0868. The molecule has 0 saturated carbocycles. The highest BCUT2D eigenvalue weighted by atomic mass is 32.2. The molecular weight excluding hydrogens is 675 g/mol. The predicted octanol–water partition coefficient (Wildman–Crippen LogP) is 6.41. The van der Waals surface area contributed by atoms with Gasteiger partial charge in [0.25, 0.3) is 5.91 Å². The smallest absolute Gasteiger partial charge is 0.408 e. The van der Waals surface area contributed by atoms with Gasteiger partial charge >= 0.3 is 18.1 Å². The van der Waals surface area contributed by atoms with Crippen molar-refractivity contribution in [3.63, 3.8) is 0 Å². The number of phenols is 1. The molecule has 0 aromatic heterocycles. The van der Waals surface area contributed by atoms with Crippen LogP contribution in [0, 0.1) is 0 Å². The van der Waals surface area contributed by atoms with Gasteiger partial charge in [-0.25, -0.2) is 14.0 Å².